The summed E-state index contributed by atoms with van der Waals surface area (Å²) < 4.78 is 1.22. The molecular formula is C8H9N3O2S. The first-order chi connectivity index (χ1) is 6.70. The number of fused-ring (bicyclic) bond motifs is 1. The average molecular weight is 211 g/mol. The summed E-state index contributed by atoms with van der Waals surface area (Å²) in [5, 5.41) is 14.1. The smallest absolute Gasteiger partial charge is 0.278 e. The molecule has 1 N–H and O–H groups in total. The molecule has 0 aliphatic rings. The van der Waals surface area contributed by atoms with Crippen LogP contribution in [0, 0.1) is 0 Å². The SMILES string of the molecule is CCCc1nn2c(=O)cc(O)nc2s1. The second-order valence-corrected chi connectivity index (χ2v) is 3.93. The Bertz CT molecular complexity index is 517. The fourth-order valence-electron chi connectivity index (χ4n) is 1.15. The largest absolute Gasteiger partial charge is 0.493 e. The topological polar surface area (TPSA) is 67.5 Å². The highest BCUT2D eigenvalue weighted by atomic mass is 32.1. The molecule has 6 heteroatoms. The van der Waals surface area contributed by atoms with E-state index in [9.17, 15) is 4.79 Å². The van der Waals surface area contributed by atoms with E-state index in [0.29, 0.717) is 4.96 Å². The Balaban J connectivity index is 2.65. The lowest BCUT2D eigenvalue weighted by Gasteiger charge is -1.89. The minimum atomic E-state index is -0.342. The maximum absolute atomic E-state index is 11.3. The quantitative estimate of drug-likeness (QED) is 0.798. The van der Waals surface area contributed by atoms with Crippen LogP contribution in [0.15, 0.2) is 10.9 Å². The lowest BCUT2D eigenvalue weighted by Crippen LogP contribution is -2.13. The van der Waals surface area contributed by atoms with Crippen LogP contribution < -0.4 is 5.56 Å². The minimum Gasteiger partial charge on any atom is -0.493 e. The van der Waals surface area contributed by atoms with Crippen molar-refractivity contribution in [1.29, 1.82) is 0 Å². The molecule has 0 fully saturated rings. The second kappa shape index (κ2) is 3.38. The van der Waals surface area contributed by atoms with E-state index >= 15 is 0 Å². The van der Waals surface area contributed by atoms with Gasteiger partial charge < -0.3 is 5.11 Å². The zero-order valence-electron chi connectivity index (χ0n) is 7.60. The second-order valence-electron chi connectivity index (χ2n) is 2.89. The Morgan fingerprint density at radius 1 is 1.64 bits per heavy atom. The van der Waals surface area contributed by atoms with Gasteiger partial charge in [0.05, 0.1) is 6.07 Å². The first-order valence-electron chi connectivity index (χ1n) is 4.29. The van der Waals surface area contributed by atoms with Crippen LogP contribution in [0.1, 0.15) is 18.4 Å². The summed E-state index contributed by atoms with van der Waals surface area (Å²) in [6, 6.07) is 1.06. The lowest BCUT2D eigenvalue weighted by atomic mass is 10.4. The molecule has 2 aromatic rings. The predicted octanol–water partition coefficient (Wildman–Crippen LogP) is 0.809. The van der Waals surface area contributed by atoms with E-state index in [1.54, 1.807) is 0 Å². The molecule has 2 rings (SSSR count). The van der Waals surface area contributed by atoms with Crippen LogP contribution in [0.5, 0.6) is 5.88 Å². The number of hydrogen-bond donors (Lipinski definition) is 1. The normalized spacial score (nSPS) is 10.9. The highest BCUT2D eigenvalue weighted by Crippen LogP contribution is 2.14. The number of aryl methyl sites for hydroxylation is 1. The van der Waals surface area contributed by atoms with Crippen molar-refractivity contribution in [2.75, 3.05) is 0 Å². The van der Waals surface area contributed by atoms with Gasteiger partial charge in [-0.2, -0.15) is 14.6 Å². The maximum Gasteiger partial charge on any atom is 0.278 e. The molecule has 0 amide bonds. The maximum atomic E-state index is 11.3. The van der Waals surface area contributed by atoms with Crippen LogP contribution in [-0.4, -0.2) is 19.7 Å². The standard InChI is InChI=1S/C8H9N3O2S/c1-2-3-6-10-11-7(13)4-5(12)9-8(11)14-6/h4,12H,2-3H2,1H3. The van der Waals surface area contributed by atoms with E-state index in [4.69, 9.17) is 5.11 Å². The minimum absolute atomic E-state index is 0.248. The van der Waals surface area contributed by atoms with Crippen molar-refractivity contribution in [3.05, 3.63) is 21.4 Å². The molecule has 0 aliphatic carbocycles. The van der Waals surface area contributed by atoms with E-state index in [1.165, 1.54) is 15.9 Å². The molecule has 0 aliphatic heterocycles. The molecule has 0 saturated carbocycles. The van der Waals surface area contributed by atoms with E-state index in [-0.39, 0.29) is 11.4 Å². The molecular weight excluding hydrogens is 202 g/mol. The molecule has 0 aromatic carbocycles. The zero-order valence-corrected chi connectivity index (χ0v) is 8.41. The molecule has 14 heavy (non-hydrogen) atoms. The Morgan fingerprint density at radius 2 is 2.43 bits per heavy atom. The molecule has 0 atom stereocenters. The number of rotatable bonds is 2. The molecule has 2 heterocycles. The molecule has 0 unspecified atom stereocenters. The van der Waals surface area contributed by atoms with Gasteiger partial charge in [-0.3, -0.25) is 4.79 Å². The number of hydrogen-bond acceptors (Lipinski definition) is 5. The number of aromatic hydroxyl groups is 1. The highest BCUT2D eigenvalue weighted by Gasteiger charge is 2.07. The summed E-state index contributed by atoms with van der Waals surface area (Å²) in [5.74, 6) is -0.248. The third-order valence-corrected chi connectivity index (χ3v) is 2.71. The number of aromatic nitrogens is 3. The zero-order chi connectivity index (χ0) is 10.1. The monoisotopic (exact) mass is 211 g/mol. The van der Waals surface area contributed by atoms with E-state index < -0.39 is 0 Å². The van der Waals surface area contributed by atoms with Crippen LogP contribution in [0.4, 0.5) is 0 Å². The summed E-state index contributed by atoms with van der Waals surface area (Å²) in [4.78, 5) is 15.6. The third kappa shape index (κ3) is 1.48. The van der Waals surface area contributed by atoms with Gasteiger partial charge in [0, 0.05) is 6.42 Å². The summed E-state index contributed by atoms with van der Waals surface area (Å²) in [7, 11) is 0. The Hall–Kier alpha value is -1.43. The van der Waals surface area contributed by atoms with Crippen molar-refractivity contribution < 1.29 is 5.11 Å². The molecule has 0 spiro atoms. The van der Waals surface area contributed by atoms with Gasteiger partial charge in [-0.05, 0) is 6.42 Å². The highest BCUT2D eigenvalue weighted by molar-refractivity contribution is 7.16. The fourth-order valence-corrected chi connectivity index (χ4v) is 2.15. The summed E-state index contributed by atoms with van der Waals surface area (Å²) in [6.07, 6.45) is 1.80. The average Bonchev–Trinajstić information content (AvgIpc) is 2.48. The van der Waals surface area contributed by atoms with Gasteiger partial charge in [-0.15, -0.1) is 0 Å². The van der Waals surface area contributed by atoms with E-state index in [2.05, 4.69) is 10.1 Å². The van der Waals surface area contributed by atoms with Crippen molar-refractivity contribution in [2.45, 2.75) is 19.8 Å². The van der Waals surface area contributed by atoms with Crippen LogP contribution in [0.2, 0.25) is 0 Å². The lowest BCUT2D eigenvalue weighted by molar-refractivity contribution is 0.452. The Kier molecular flexibility index (Phi) is 2.20. The summed E-state index contributed by atoms with van der Waals surface area (Å²) >= 11 is 1.33. The number of nitrogens with zero attached hydrogens (tertiary/aromatic N) is 3. The van der Waals surface area contributed by atoms with Crippen LogP contribution >= 0.6 is 11.3 Å². The predicted molar refractivity (Wildman–Crippen MR) is 52.8 cm³/mol. The molecule has 0 saturated heterocycles. The summed E-state index contributed by atoms with van der Waals surface area (Å²) in [6.45, 7) is 2.04. The van der Waals surface area contributed by atoms with Gasteiger partial charge in [0.15, 0.2) is 0 Å². The Labute approximate surface area is 83.7 Å². The molecule has 0 bridgehead atoms. The van der Waals surface area contributed by atoms with Gasteiger partial charge in [0.1, 0.15) is 5.01 Å². The van der Waals surface area contributed by atoms with Crippen LogP contribution in [-0.2, 0) is 6.42 Å². The van der Waals surface area contributed by atoms with Crippen molar-refractivity contribution in [3.63, 3.8) is 0 Å². The van der Waals surface area contributed by atoms with Gasteiger partial charge in [0.25, 0.3) is 5.56 Å². The Morgan fingerprint density at radius 3 is 3.14 bits per heavy atom. The van der Waals surface area contributed by atoms with Gasteiger partial charge in [0.2, 0.25) is 10.8 Å². The molecule has 2 aromatic heterocycles. The molecule has 5 nitrogen and oxygen atoms in total. The molecule has 74 valence electrons. The van der Waals surface area contributed by atoms with Gasteiger partial charge in [-0.25, -0.2) is 0 Å². The summed E-state index contributed by atoms with van der Waals surface area (Å²) in [5.41, 5.74) is -0.342. The van der Waals surface area contributed by atoms with Crippen LogP contribution in [0.25, 0.3) is 4.96 Å². The van der Waals surface area contributed by atoms with Gasteiger partial charge in [-0.1, -0.05) is 18.3 Å². The first-order valence-corrected chi connectivity index (χ1v) is 5.11. The van der Waals surface area contributed by atoms with Crippen LogP contribution in [0.3, 0.4) is 0 Å². The first kappa shape index (κ1) is 9.14. The fraction of sp³-hybridized carbons (Fsp3) is 0.375. The third-order valence-electron chi connectivity index (χ3n) is 1.74. The van der Waals surface area contributed by atoms with Crippen molar-refractivity contribution >= 4 is 16.3 Å². The van der Waals surface area contributed by atoms with Crippen molar-refractivity contribution in [1.82, 2.24) is 14.6 Å². The van der Waals surface area contributed by atoms with Crippen molar-refractivity contribution in [3.8, 4) is 5.88 Å². The van der Waals surface area contributed by atoms with Crippen molar-refractivity contribution in [2.24, 2.45) is 0 Å². The van der Waals surface area contributed by atoms with E-state index in [0.717, 1.165) is 23.9 Å². The van der Waals surface area contributed by atoms with Gasteiger partial charge >= 0.3 is 0 Å². The molecule has 0 radical (unpaired) electrons. The van der Waals surface area contributed by atoms with E-state index in [1.807, 2.05) is 6.92 Å².